The van der Waals surface area contributed by atoms with E-state index in [2.05, 4.69) is 26.6 Å². The molecule has 21 heavy (non-hydrogen) atoms. The highest BCUT2D eigenvalue weighted by molar-refractivity contribution is 9.10. The molecule has 114 valence electrons. The van der Waals surface area contributed by atoms with Gasteiger partial charge in [0.15, 0.2) is 9.84 Å². The van der Waals surface area contributed by atoms with Crippen LogP contribution in [0.4, 0.5) is 11.4 Å². The Balaban J connectivity index is 2.17. The summed E-state index contributed by atoms with van der Waals surface area (Å²) in [6.07, 6.45) is 0.331. The van der Waals surface area contributed by atoms with Gasteiger partial charge in [-0.1, -0.05) is 15.9 Å². The maximum absolute atomic E-state index is 12.1. The molecule has 8 heteroatoms. The zero-order valence-corrected chi connectivity index (χ0v) is 13.8. The van der Waals surface area contributed by atoms with E-state index in [0.29, 0.717) is 17.8 Å². The van der Waals surface area contributed by atoms with Gasteiger partial charge in [0.2, 0.25) is 11.8 Å². The first-order valence-corrected chi connectivity index (χ1v) is 8.97. The second-order valence-corrected chi connectivity index (χ2v) is 8.10. The molecule has 6 nitrogen and oxygen atoms in total. The molecule has 2 rings (SSSR count). The van der Waals surface area contributed by atoms with Crippen LogP contribution in [0.5, 0.6) is 0 Å². The molecule has 1 aliphatic rings. The molecular formula is C13H15BrN2O4S. The molecule has 2 N–H and O–H groups in total. The molecular weight excluding hydrogens is 360 g/mol. The van der Waals surface area contributed by atoms with Gasteiger partial charge in [-0.3, -0.25) is 9.59 Å². The fraction of sp³-hybridized carbons (Fsp3) is 0.385. The van der Waals surface area contributed by atoms with Crippen molar-refractivity contribution in [3.8, 4) is 0 Å². The highest BCUT2D eigenvalue weighted by atomic mass is 79.9. The summed E-state index contributed by atoms with van der Waals surface area (Å²) in [5.74, 6) is -1.22. The maximum atomic E-state index is 12.1. The van der Waals surface area contributed by atoms with Crippen LogP contribution >= 0.6 is 15.9 Å². The van der Waals surface area contributed by atoms with Crippen LogP contribution in [0.1, 0.15) is 13.3 Å². The summed E-state index contributed by atoms with van der Waals surface area (Å²) >= 11 is 3.29. The molecule has 0 saturated carbocycles. The number of carbonyl (C=O) groups is 2. The fourth-order valence-corrected chi connectivity index (χ4v) is 4.26. The number of hydrogen-bond donors (Lipinski definition) is 2. The Bertz CT molecular complexity index is 687. The summed E-state index contributed by atoms with van der Waals surface area (Å²) in [6, 6.07) is 5.06. The van der Waals surface area contributed by atoms with Crippen molar-refractivity contribution >= 4 is 49.0 Å². The van der Waals surface area contributed by atoms with Crippen LogP contribution in [0.2, 0.25) is 0 Å². The number of benzene rings is 1. The van der Waals surface area contributed by atoms with Crippen molar-refractivity contribution in [2.75, 3.05) is 22.1 Å². The SMILES string of the molecule is CC(=O)Nc1ccc(Br)cc1NC(=O)C1CCS(=O)(=O)C1. The Morgan fingerprint density at radius 1 is 1.24 bits per heavy atom. The summed E-state index contributed by atoms with van der Waals surface area (Å²) in [4.78, 5) is 23.3. The van der Waals surface area contributed by atoms with Crippen molar-refractivity contribution in [1.29, 1.82) is 0 Å². The van der Waals surface area contributed by atoms with Crippen LogP contribution < -0.4 is 10.6 Å². The number of sulfone groups is 1. The minimum absolute atomic E-state index is 0.0438. The second-order valence-electron chi connectivity index (χ2n) is 4.96. The summed E-state index contributed by atoms with van der Waals surface area (Å²) in [7, 11) is -3.11. The molecule has 1 aromatic rings. The summed E-state index contributed by atoms with van der Waals surface area (Å²) in [5, 5.41) is 5.31. The standard InChI is InChI=1S/C13H15BrN2O4S/c1-8(17)15-11-3-2-10(14)6-12(11)16-13(18)9-4-5-21(19,20)7-9/h2-3,6,9H,4-5,7H2,1H3,(H,15,17)(H,16,18). The number of anilines is 2. The maximum Gasteiger partial charge on any atom is 0.228 e. The van der Waals surface area contributed by atoms with Crippen LogP contribution in [0.3, 0.4) is 0 Å². The molecule has 1 atom stereocenters. The normalized spacial score (nSPS) is 20.0. The van der Waals surface area contributed by atoms with Gasteiger partial charge in [0.25, 0.3) is 0 Å². The third-order valence-electron chi connectivity index (χ3n) is 3.15. The molecule has 0 aromatic heterocycles. The van der Waals surface area contributed by atoms with E-state index < -0.39 is 15.8 Å². The molecule has 0 spiro atoms. The third-order valence-corrected chi connectivity index (χ3v) is 5.41. The topological polar surface area (TPSA) is 92.3 Å². The molecule has 0 aliphatic carbocycles. The summed E-state index contributed by atoms with van der Waals surface area (Å²) in [5.41, 5.74) is 0.911. The largest absolute Gasteiger partial charge is 0.325 e. The predicted molar refractivity (Wildman–Crippen MR) is 83.8 cm³/mol. The number of rotatable bonds is 3. The molecule has 1 saturated heterocycles. The van der Waals surface area contributed by atoms with E-state index in [1.165, 1.54) is 6.92 Å². The zero-order valence-electron chi connectivity index (χ0n) is 11.3. The molecule has 2 amide bonds. The minimum Gasteiger partial charge on any atom is -0.325 e. The van der Waals surface area contributed by atoms with Crippen molar-refractivity contribution in [2.24, 2.45) is 5.92 Å². The summed E-state index contributed by atoms with van der Waals surface area (Å²) < 4.78 is 23.6. The van der Waals surface area contributed by atoms with E-state index in [4.69, 9.17) is 0 Å². The Morgan fingerprint density at radius 2 is 1.95 bits per heavy atom. The lowest BCUT2D eigenvalue weighted by Gasteiger charge is -2.14. The Morgan fingerprint density at radius 3 is 2.52 bits per heavy atom. The van der Waals surface area contributed by atoms with Crippen molar-refractivity contribution in [3.63, 3.8) is 0 Å². The molecule has 1 aliphatic heterocycles. The van der Waals surface area contributed by atoms with Gasteiger partial charge in [-0.25, -0.2) is 8.42 Å². The van der Waals surface area contributed by atoms with Gasteiger partial charge in [-0.2, -0.15) is 0 Å². The Hall–Kier alpha value is -1.41. The van der Waals surface area contributed by atoms with E-state index >= 15 is 0 Å². The number of carbonyl (C=O) groups excluding carboxylic acids is 2. The molecule has 1 unspecified atom stereocenters. The van der Waals surface area contributed by atoms with Gasteiger partial charge < -0.3 is 10.6 Å². The first-order chi connectivity index (χ1) is 9.77. The number of nitrogens with one attached hydrogen (secondary N) is 2. The lowest BCUT2D eigenvalue weighted by molar-refractivity contribution is -0.119. The second kappa shape index (κ2) is 6.15. The van der Waals surface area contributed by atoms with E-state index in [9.17, 15) is 18.0 Å². The smallest absolute Gasteiger partial charge is 0.228 e. The average molecular weight is 375 g/mol. The molecule has 1 heterocycles. The minimum atomic E-state index is -3.11. The monoisotopic (exact) mass is 374 g/mol. The van der Waals surface area contributed by atoms with Crippen molar-refractivity contribution in [3.05, 3.63) is 22.7 Å². The highest BCUT2D eigenvalue weighted by Gasteiger charge is 2.33. The van der Waals surface area contributed by atoms with E-state index in [1.807, 2.05) is 0 Å². The van der Waals surface area contributed by atoms with Crippen LogP contribution in [0.25, 0.3) is 0 Å². The van der Waals surface area contributed by atoms with Crippen LogP contribution in [-0.2, 0) is 19.4 Å². The number of hydrogen-bond acceptors (Lipinski definition) is 4. The Kier molecular flexibility index (Phi) is 4.67. The molecule has 0 bridgehead atoms. The molecule has 0 radical (unpaired) electrons. The number of amides is 2. The fourth-order valence-electron chi connectivity index (χ4n) is 2.16. The Labute approximate surface area is 131 Å². The van der Waals surface area contributed by atoms with Gasteiger partial charge in [-0.15, -0.1) is 0 Å². The van der Waals surface area contributed by atoms with Gasteiger partial charge >= 0.3 is 0 Å². The summed E-state index contributed by atoms with van der Waals surface area (Å²) in [6.45, 7) is 1.37. The van der Waals surface area contributed by atoms with Crippen molar-refractivity contribution in [2.45, 2.75) is 13.3 Å². The van der Waals surface area contributed by atoms with E-state index in [0.717, 1.165) is 4.47 Å². The molecule has 1 aromatic carbocycles. The van der Waals surface area contributed by atoms with Crippen LogP contribution in [0, 0.1) is 5.92 Å². The van der Waals surface area contributed by atoms with Gasteiger partial charge in [0.1, 0.15) is 0 Å². The molecule has 1 fully saturated rings. The quantitative estimate of drug-likeness (QED) is 0.843. The first-order valence-electron chi connectivity index (χ1n) is 6.35. The van der Waals surface area contributed by atoms with Gasteiger partial charge in [0.05, 0.1) is 28.8 Å². The van der Waals surface area contributed by atoms with Gasteiger partial charge in [-0.05, 0) is 24.6 Å². The average Bonchev–Trinajstić information content (AvgIpc) is 2.73. The predicted octanol–water partition coefficient (Wildman–Crippen LogP) is 1.78. The van der Waals surface area contributed by atoms with Crippen LogP contribution in [0.15, 0.2) is 22.7 Å². The highest BCUT2D eigenvalue weighted by Crippen LogP contribution is 2.28. The number of halogens is 1. The van der Waals surface area contributed by atoms with Crippen molar-refractivity contribution in [1.82, 2.24) is 0 Å². The van der Waals surface area contributed by atoms with E-state index in [1.54, 1.807) is 18.2 Å². The third kappa shape index (κ3) is 4.28. The zero-order chi connectivity index (χ0) is 15.6. The lowest BCUT2D eigenvalue weighted by atomic mass is 10.1. The van der Waals surface area contributed by atoms with Crippen LogP contribution in [-0.4, -0.2) is 31.7 Å². The lowest BCUT2D eigenvalue weighted by Crippen LogP contribution is -2.24. The van der Waals surface area contributed by atoms with Gasteiger partial charge in [0, 0.05) is 11.4 Å². The van der Waals surface area contributed by atoms with Crippen molar-refractivity contribution < 1.29 is 18.0 Å². The first kappa shape index (κ1) is 16.0. The van der Waals surface area contributed by atoms with E-state index in [-0.39, 0.29) is 23.3 Å².